The van der Waals surface area contributed by atoms with Crippen molar-refractivity contribution in [3.63, 3.8) is 0 Å². The minimum Gasteiger partial charge on any atom is -0.497 e. The van der Waals surface area contributed by atoms with Gasteiger partial charge in [-0.05, 0) is 46.4 Å². The standard InChI is InChI=1S/C27H27NO3/c1-27(2)14-20-25(22(29)15-27)24-18-8-6-5-7-16(18)9-12-21(24)28-26(20)19-11-10-17(30-3)13-23(19)31-4/h5-13,26,28H,14-15H2,1-4H3/t26-/m0/s1. The van der Waals surface area contributed by atoms with Crippen LogP contribution in [0.1, 0.15) is 43.9 Å². The zero-order valence-corrected chi connectivity index (χ0v) is 18.4. The maximum atomic E-state index is 13.5. The van der Waals surface area contributed by atoms with Crippen molar-refractivity contribution in [3.8, 4) is 11.5 Å². The Balaban J connectivity index is 1.78. The van der Waals surface area contributed by atoms with Crippen LogP contribution in [0.5, 0.6) is 11.5 Å². The minimum atomic E-state index is -0.131. The van der Waals surface area contributed by atoms with Crippen LogP contribution in [0, 0.1) is 5.41 Å². The molecule has 0 spiro atoms. The summed E-state index contributed by atoms with van der Waals surface area (Å²) < 4.78 is 11.1. The Morgan fingerprint density at radius 2 is 1.77 bits per heavy atom. The normalized spacial score (nSPS) is 19.5. The van der Waals surface area contributed by atoms with Crippen LogP contribution in [0.15, 0.2) is 60.2 Å². The molecule has 5 rings (SSSR count). The smallest absolute Gasteiger partial charge is 0.164 e. The van der Waals surface area contributed by atoms with Crippen LogP contribution in [0.3, 0.4) is 0 Å². The van der Waals surface area contributed by atoms with Crippen LogP contribution in [-0.4, -0.2) is 20.0 Å². The number of carbonyl (C=O) groups excluding carboxylic acids is 1. The van der Waals surface area contributed by atoms with Crippen molar-refractivity contribution in [3.05, 3.63) is 71.3 Å². The molecule has 0 saturated carbocycles. The van der Waals surface area contributed by atoms with Gasteiger partial charge in [0.15, 0.2) is 5.78 Å². The molecule has 1 aliphatic heterocycles. The number of rotatable bonds is 3. The molecular weight excluding hydrogens is 386 g/mol. The molecule has 0 fully saturated rings. The molecule has 0 aromatic heterocycles. The number of hydrogen-bond acceptors (Lipinski definition) is 4. The molecule has 3 aromatic rings. The summed E-state index contributed by atoms with van der Waals surface area (Å²) in [6.45, 7) is 4.35. The summed E-state index contributed by atoms with van der Waals surface area (Å²) in [5, 5.41) is 6.01. The Morgan fingerprint density at radius 3 is 2.55 bits per heavy atom. The third-order valence-corrected chi connectivity index (χ3v) is 6.49. The van der Waals surface area contributed by atoms with E-state index in [4.69, 9.17) is 9.47 Å². The molecule has 1 aliphatic carbocycles. The monoisotopic (exact) mass is 413 g/mol. The highest BCUT2D eigenvalue weighted by Gasteiger charge is 2.41. The van der Waals surface area contributed by atoms with E-state index in [9.17, 15) is 4.79 Å². The first-order valence-electron chi connectivity index (χ1n) is 10.7. The SMILES string of the molecule is COc1ccc([C@@H]2Nc3ccc4ccccc4c3C3=C2CC(C)(C)CC3=O)c(OC)c1. The minimum absolute atomic E-state index is 0.0857. The average molecular weight is 414 g/mol. The maximum absolute atomic E-state index is 13.5. The Hall–Kier alpha value is -3.27. The second kappa shape index (κ2) is 7.16. The van der Waals surface area contributed by atoms with E-state index in [1.54, 1.807) is 14.2 Å². The van der Waals surface area contributed by atoms with E-state index in [1.165, 1.54) is 0 Å². The number of hydrogen-bond donors (Lipinski definition) is 1. The first kappa shape index (κ1) is 19.7. The topological polar surface area (TPSA) is 47.6 Å². The third kappa shape index (κ3) is 3.18. The molecule has 0 amide bonds. The number of benzene rings is 3. The van der Waals surface area contributed by atoms with E-state index in [0.717, 1.165) is 56.7 Å². The van der Waals surface area contributed by atoms with Gasteiger partial charge in [-0.1, -0.05) is 44.2 Å². The van der Waals surface area contributed by atoms with Crippen molar-refractivity contribution in [2.45, 2.75) is 32.7 Å². The molecule has 0 radical (unpaired) electrons. The molecule has 0 saturated heterocycles. The fourth-order valence-corrected chi connectivity index (χ4v) is 5.14. The Bertz CT molecular complexity index is 1240. The van der Waals surface area contributed by atoms with Gasteiger partial charge in [-0.2, -0.15) is 0 Å². The number of ether oxygens (including phenoxy) is 2. The number of carbonyl (C=O) groups is 1. The molecule has 1 N–H and O–H groups in total. The quantitative estimate of drug-likeness (QED) is 0.558. The van der Waals surface area contributed by atoms with Crippen LogP contribution < -0.4 is 14.8 Å². The lowest BCUT2D eigenvalue weighted by Crippen LogP contribution is -2.32. The third-order valence-electron chi connectivity index (χ3n) is 6.49. The molecule has 2 aliphatic rings. The largest absolute Gasteiger partial charge is 0.497 e. The summed E-state index contributed by atoms with van der Waals surface area (Å²) in [4.78, 5) is 13.5. The van der Waals surface area contributed by atoms with Gasteiger partial charge in [0.05, 0.1) is 20.3 Å². The first-order chi connectivity index (χ1) is 14.9. The molecule has 0 bridgehead atoms. The summed E-state index contributed by atoms with van der Waals surface area (Å²) >= 11 is 0. The molecule has 1 heterocycles. The van der Waals surface area contributed by atoms with Gasteiger partial charge in [0.1, 0.15) is 11.5 Å². The molecule has 4 nitrogen and oxygen atoms in total. The van der Waals surface area contributed by atoms with Gasteiger partial charge in [0, 0.05) is 34.9 Å². The van der Waals surface area contributed by atoms with Crippen molar-refractivity contribution in [2.75, 3.05) is 19.5 Å². The number of fused-ring (bicyclic) bond motifs is 4. The number of ketones is 1. The zero-order valence-electron chi connectivity index (χ0n) is 18.4. The second-order valence-corrected chi connectivity index (χ2v) is 9.24. The van der Waals surface area contributed by atoms with Gasteiger partial charge in [-0.25, -0.2) is 0 Å². The summed E-state index contributed by atoms with van der Waals surface area (Å²) in [6.07, 6.45) is 1.41. The highest BCUT2D eigenvalue weighted by Crippen LogP contribution is 2.52. The lowest BCUT2D eigenvalue weighted by atomic mass is 9.67. The van der Waals surface area contributed by atoms with Gasteiger partial charge in [0.25, 0.3) is 0 Å². The molecule has 1 atom stereocenters. The summed E-state index contributed by atoms with van der Waals surface area (Å²) in [7, 11) is 3.32. The molecule has 3 aromatic carbocycles. The van der Waals surface area contributed by atoms with Crippen molar-refractivity contribution < 1.29 is 14.3 Å². The van der Waals surface area contributed by atoms with Gasteiger partial charge < -0.3 is 14.8 Å². The number of Topliss-reactive ketones (excluding diaryl/α,β-unsaturated/α-hetero) is 1. The maximum Gasteiger partial charge on any atom is 0.164 e. The van der Waals surface area contributed by atoms with Gasteiger partial charge >= 0.3 is 0 Å². The van der Waals surface area contributed by atoms with Crippen LogP contribution in [0.2, 0.25) is 0 Å². The van der Waals surface area contributed by atoms with E-state index in [1.807, 2.05) is 30.3 Å². The molecule has 0 unspecified atom stereocenters. The molecule has 158 valence electrons. The van der Waals surface area contributed by atoms with Gasteiger partial charge in [-0.3, -0.25) is 4.79 Å². The van der Waals surface area contributed by atoms with Crippen molar-refractivity contribution >= 4 is 27.8 Å². The Kier molecular flexibility index (Phi) is 4.54. The first-order valence-corrected chi connectivity index (χ1v) is 10.7. The van der Waals surface area contributed by atoms with E-state index in [-0.39, 0.29) is 17.2 Å². The zero-order chi connectivity index (χ0) is 21.8. The number of methoxy groups -OCH3 is 2. The Morgan fingerprint density at radius 1 is 0.968 bits per heavy atom. The van der Waals surface area contributed by atoms with Crippen molar-refractivity contribution in [1.82, 2.24) is 0 Å². The van der Waals surface area contributed by atoms with Crippen LogP contribution in [0.25, 0.3) is 16.3 Å². The molecular formula is C27H27NO3. The lowest BCUT2D eigenvalue weighted by Gasteiger charge is -2.40. The predicted molar refractivity (Wildman–Crippen MR) is 125 cm³/mol. The van der Waals surface area contributed by atoms with E-state index >= 15 is 0 Å². The summed E-state index contributed by atoms with van der Waals surface area (Å²) in [5.74, 6) is 1.73. The van der Waals surface area contributed by atoms with Gasteiger partial charge in [-0.15, -0.1) is 0 Å². The summed E-state index contributed by atoms with van der Waals surface area (Å²) in [5.41, 5.74) is 4.99. The number of allylic oxidation sites excluding steroid dienone is 1. The van der Waals surface area contributed by atoms with Gasteiger partial charge in [0.2, 0.25) is 0 Å². The van der Waals surface area contributed by atoms with Crippen LogP contribution >= 0.6 is 0 Å². The van der Waals surface area contributed by atoms with E-state index in [2.05, 4.69) is 43.4 Å². The average Bonchev–Trinajstić information content (AvgIpc) is 2.76. The predicted octanol–water partition coefficient (Wildman–Crippen LogP) is 6.17. The fraction of sp³-hybridized carbons (Fsp3) is 0.296. The second-order valence-electron chi connectivity index (χ2n) is 9.24. The fourth-order valence-electron chi connectivity index (χ4n) is 5.14. The van der Waals surface area contributed by atoms with E-state index in [0.29, 0.717) is 6.42 Å². The van der Waals surface area contributed by atoms with Crippen LogP contribution in [-0.2, 0) is 4.79 Å². The molecule has 4 heteroatoms. The molecule has 31 heavy (non-hydrogen) atoms. The van der Waals surface area contributed by atoms with Crippen molar-refractivity contribution in [1.29, 1.82) is 0 Å². The summed E-state index contributed by atoms with van der Waals surface area (Å²) in [6, 6.07) is 18.3. The van der Waals surface area contributed by atoms with Crippen LogP contribution in [0.4, 0.5) is 5.69 Å². The Labute approximate surface area is 182 Å². The lowest BCUT2D eigenvalue weighted by molar-refractivity contribution is -0.116. The highest BCUT2D eigenvalue weighted by atomic mass is 16.5. The van der Waals surface area contributed by atoms with E-state index < -0.39 is 0 Å². The highest BCUT2D eigenvalue weighted by molar-refractivity contribution is 6.28. The number of nitrogens with one attached hydrogen (secondary N) is 1. The number of anilines is 1. The van der Waals surface area contributed by atoms with Crippen molar-refractivity contribution in [2.24, 2.45) is 5.41 Å².